The van der Waals surface area contributed by atoms with E-state index in [1.165, 1.54) is 11.8 Å². The van der Waals surface area contributed by atoms with Crippen molar-refractivity contribution >= 4 is 35.2 Å². The lowest BCUT2D eigenvalue weighted by atomic mass is 10.2. The van der Waals surface area contributed by atoms with Crippen molar-refractivity contribution in [2.24, 2.45) is 5.10 Å². The summed E-state index contributed by atoms with van der Waals surface area (Å²) in [6.07, 6.45) is 1.67. The molecule has 2 aromatic carbocycles. The maximum absolute atomic E-state index is 12.4. The molecule has 33 heavy (non-hydrogen) atoms. The van der Waals surface area contributed by atoms with E-state index in [1.54, 1.807) is 17.6 Å². The Bertz CT molecular complexity index is 1230. The first kappa shape index (κ1) is 22.8. The van der Waals surface area contributed by atoms with E-state index in [0.717, 1.165) is 27.4 Å². The molecule has 4 aromatic rings. The summed E-state index contributed by atoms with van der Waals surface area (Å²) in [4.78, 5) is 13.4. The van der Waals surface area contributed by atoms with Gasteiger partial charge in [-0.3, -0.25) is 9.36 Å². The lowest BCUT2D eigenvalue weighted by Gasteiger charge is -2.11. The van der Waals surface area contributed by atoms with E-state index < -0.39 is 0 Å². The summed E-state index contributed by atoms with van der Waals surface area (Å²) >= 11 is 2.89. The van der Waals surface area contributed by atoms with E-state index in [-0.39, 0.29) is 11.7 Å². The number of thiophene rings is 1. The van der Waals surface area contributed by atoms with Gasteiger partial charge in [-0.2, -0.15) is 5.10 Å². The second kappa shape index (κ2) is 10.9. The number of rotatable bonds is 9. The Hall–Kier alpha value is -3.43. The Labute approximate surface area is 200 Å². The minimum atomic E-state index is -0.215. The molecule has 2 heterocycles. The second-order valence-electron chi connectivity index (χ2n) is 6.98. The summed E-state index contributed by atoms with van der Waals surface area (Å²) in [5, 5.41) is 15.4. The molecule has 0 atom stereocenters. The molecular formula is C24H23N5O2S2. The van der Waals surface area contributed by atoms with Gasteiger partial charge in [0.1, 0.15) is 5.75 Å². The molecule has 0 unspecified atom stereocenters. The standard InChI is InChI=1S/C24H23N5O2S2/c1-3-31-20-11-9-19(10-12-20)29-23(18-7-5-4-6-8-18)27-28-24(29)33-16-22(30)26-25-15-21-17(2)13-14-32-21/h4-15H,3,16H2,1-2H3,(H,26,30). The molecule has 0 aliphatic carbocycles. The largest absolute Gasteiger partial charge is 0.494 e. The van der Waals surface area contributed by atoms with Gasteiger partial charge in [0.05, 0.1) is 18.6 Å². The number of amides is 1. The highest BCUT2D eigenvalue weighted by molar-refractivity contribution is 7.99. The second-order valence-corrected chi connectivity index (χ2v) is 8.87. The van der Waals surface area contributed by atoms with Crippen LogP contribution in [0, 0.1) is 6.92 Å². The van der Waals surface area contributed by atoms with Crippen LogP contribution in [0.2, 0.25) is 0 Å². The lowest BCUT2D eigenvalue weighted by Crippen LogP contribution is -2.20. The molecular weight excluding hydrogens is 454 g/mol. The molecule has 1 amide bonds. The predicted octanol–water partition coefficient (Wildman–Crippen LogP) is 4.95. The van der Waals surface area contributed by atoms with Gasteiger partial charge in [-0.05, 0) is 55.1 Å². The number of nitrogens with one attached hydrogen (secondary N) is 1. The third-order valence-electron chi connectivity index (χ3n) is 4.68. The molecule has 0 saturated carbocycles. The average molecular weight is 478 g/mol. The summed E-state index contributed by atoms with van der Waals surface area (Å²) in [7, 11) is 0. The molecule has 2 aromatic heterocycles. The van der Waals surface area contributed by atoms with E-state index in [1.807, 2.05) is 84.5 Å². The van der Waals surface area contributed by atoms with E-state index in [2.05, 4.69) is 20.7 Å². The molecule has 0 spiro atoms. The fraction of sp³-hybridized carbons (Fsp3) is 0.167. The maximum Gasteiger partial charge on any atom is 0.250 e. The molecule has 1 N–H and O–H groups in total. The topological polar surface area (TPSA) is 81.4 Å². The number of hydrogen-bond acceptors (Lipinski definition) is 7. The van der Waals surface area contributed by atoms with Crippen LogP contribution in [0.25, 0.3) is 17.1 Å². The van der Waals surface area contributed by atoms with E-state index >= 15 is 0 Å². The number of hydrazone groups is 1. The number of benzene rings is 2. The van der Waals surface area contributed by atoms with Crippen molar-refractivity contribution in [1.82, 2.24) is 20.2 Å². The molecule has 9 heteroatoms. The first-order valence-electron chi connectivity index (χ1n) is 10.4. The van der Waals surface area contributed by atoms with Gasteiger partial charge in [0.2, 0.25) is 0 Å². The maximum atomic E-state index is 12.4. The number of hydrogen-bond donors (Lipinski definition) is 1. The minimum absolute atomic E-state index is 0.157. The number of carbonyl (C=O) groups excluding carboxylic acids is 1. The van der Waals surface area contributed by atoms with Crippen LogP contribution in [-0.4, -0.2) is 39.2 Å². The Morgan fingerprint density at radius 3 is 2.64 bits per heavy atom. The van der Waals surface area contributed by atoms with E-state index in [0.29, 0.717) is 17.6 Å². The van der Waals surface area contributed by atoms with E-state index in [4.69, 9.17) is 4.74 Å². The predicted molar refractivity (Wildman–Crippen MR) is 133 cm³/mol. The van der Waals surface area contributed by atoms with Crippen molar-refractivity contribution in [2.75, 3.05) is 12.4 Å². The normalized spacial score (nSPS) is 11.1. The summed E-state index contributed by atoms with van der Waals surface area (Å²) in [5.74, 6) is 1.44. The highest BCUT2D eigenvalue weighted by Crippen LogP contribution is 2.28. The van der Waals surface area contributed by atoms with Crippen LogP contribution >= 0.6 is 23.1 Å². The van der Waals surface area contributed by atoms with Gasteiger partial charge in [0.15, 0.2) is 11.0 Å². The van der Waals surface area contributed by atoms with E-state index in [9.17, 15) is 4.79 Å². The first-order chi connectivity index (χ1) is 16.2. The smallest absolute Gasteiger partial charge is 0.250 e. The minimum Gasteiger partial charge on any atom is -0.494 e. The SMILES string of the molecule is CCOc1ccc(-n2c(SCC(=O)NN=Cc3sccc3C)nnc2-c2ccccc2)cc1. The zero-order valence-electron chi connectivity index (χ0n) is 18.3. The lowest BCUT2D eigenvalue weighted by molar-refractivity contribution is -0.118. The van der Waals surface area contributed by atoms with Crippen molar-refractivity contribution in [3.63, 3.8) is 0 Å². The number of nitrogens with zero attached hydrogens (tertiary/aromatic N) is 4. The molecule has 0 aliphatic heterocycles. The molecule has 0 aliphatic rings. The fourth-order valence-electron chi connectivity index (χ4n) is 3.07. The van der Waals surface area contributed by atoms with Gasteiger partial charge in [0.25, 0.3) is 5.91 Å². The van der Waals surface area contributed by atoms with Crippen LogP contribution in [0.3, 0.4) is 0 Å². The molecule has 0 saturated heterocycles. The molecule has 0 fully saturated rings. The van der Waals surface area contributed by atoms with Crippen LogP contribution in [-0.2, 0) is 4.79 Å². The summed E-state index contributed by atoms with van der Waals surface area (Å²) in [6, 6.07) is 19.6. The summed E-state index contributed by atoms with van der Waals surface area (Å²) in [6.45, 7) is 4.56. The number of carbonyl (C=O) groups is 1. The third-order valence-corrected chi connectivity index (χ3v) is 6.56. The Kier molecular flexibility index (Phi) is 7.54. The van der Waals surface area contributed by atoms with Gasteiger partial charge in [0, 0.05) is 16.1 Å². The van der Waals surface area contributed by atoms with Gasteiger partial charge < -0.3 is 4.74 Å². The highest BCUT2D eigenvalue weighted by atomic mass is 32.2. The van der Waals surface area contributed by atoms with Crippen molar-refractivity contribution in [2.45, 2.75) is 19.0 Å². The van der Waals surface area contributed by atoms with Crippen LogP contribution < -0.4 is 10.2 Å². The quantitative estimate of drug-likeness (QED) is 0.210. The number of thioether (sulfide) groups is 1. The third kappa shape index (κ3) is 5.68. The zero-order valence-corrected chi connectivity index (χ0v) is 19.9. The molecule has 168 valence electrons. The van der Waals surface area contributed by atoms with Gasteiger partial charge in [-0.25, -0.2) is 5.43 Å². The number of aromatic nitrogens is 3. The van der Waals surface area contributed by atoms with Gasteiger partial charge >= 0.3 is 0 Å². The molecule has 7 nitrogen and oxygen atoms in total. The number of ether oxygens (including phenoxy) is 1. The highest BCUT2D eigenvalue weighted by Gasteiger charge is 2.17. The van der Waals surface area contributed by atoms with Crippen LogP contribution in [0.4, 0.5) is 0 Å². The van der Waals surface area contributed by atoms with Crippen molar-refractivity contribution < 1.29 is 9.53 Å². The zero-order chi connectivity index (χ0) is 23.0. The Balaban J connectivity index is 1.52. The molecule has 0 radical (unpaired) electrons. The Morgan fingerprint density at radius 1 is 1.15 bits per heavy atom. The van der Waals surface area contributed by atoms with Gasteiger partial charge in [-0.1, -0.05) is 42.1 Å². The van der Waals surface area contributed by atoms with Crippen molar-refractivity contribution in [3.05, 3.63) is 76.5 Å². The van der Waals surface area contributed by atoms with Crippen molar-refractivity contribution in [1.29, 1.82) is 0 Å². The molecule has 4 rings (SSSR count). The van der Waals surface area contributed by atoms with Gasteiger partial charge in [-0.15, -0.1) is 21.5 Å². The first-order valence-corrected chi connectivity index (χ1v) is 12.2. The molecule has 0 bridgehead atoms. The summed E-state index contributed by atoms with van der Waals surface area (Å²) in [5.41, 5.74) is 5.53. The Morgan fingerprint density at radius 2 is 1.94 bits per heavy atom. The number of aryl methyl sites for hydroxylation is 1. The van der Waals surface area contributed by atoms with Crippen LogP contribution in [0.1, 0.15) is 17.4 Å². The van der Waals surface area contributed by atoms with Crippen molar-refractivity contribution in [3.8, 4) is 22.8 Å². The monoisotopic (exact) mass is 477 g/mol. The fourth-order valence-corrected chi connectivity index (χ4v) is 4.60. The van der Waals surface area contributed by atoms with Crippen LogP contribution in [0.5, 0.6) is 5.75 Å². The average Bonchev–Trinajstić information content (AvgIpc) is 3.45. The van der Waals surface area contributed by atoms with Crippen LogP contribution in [0.15, 0.2) is 76.3 Å². The summed E-state index contributed by atoms with van der Waals surface area (Å²) < 4.78 is 7.51.